The summed E-state index contributed by atoms with van der Waals surface area (Å²) in [6, 6.07) is 0. The van der Waals surface area contributed by atoms with Gasteiger partial charge >= 0.3 is 12.1 Å². The van der Waals surface area contributed by atoms with E-state index in [1.807, 2.05) is 20.8 Å². The first kappa shape index (κ1) is 16.7. The molecule has 18 heavy (non-hydrogen) atoms. The highest BCUT2D eigenvalue weighted by Gasteiger charge is 2.15. The molecule has 106 valence electrons. The Morgan fingerprint density at radius 1 is 1.11 bits per heavy atom. The van der Waals surface area contributed by atoms with Gasteiger partial charge in [-0.25, -0.2) is 4.79 Å². The molecule has 0 saturated carbocycles. The van der Waals surface area contributed by atoms with E-state index in [2.05, 4.69) is 15.4 Å². The van der Waals surface area contributed by atoms with Crippen LogP contribution in [-0.4, -0.2) is 44.4 Å². The fourth-order valence-electron chi connectivity index (χ4n) is 1.14. The zero-order chi connectivity index (χ0) is 14.0. The van der Waals surface area contributed by atoms with Crippen molar-refractivity contribution in [3.63, 3.8) is 0 Å². The molecule has 0 fully saturated rings. The van der Waals surface area contributed by atoms with Gasteiger partial charge in [-0.3, -0.25) is 4.79 Å². The van der Waals surface area contributed by atoms with Gasteiger partial charge in [-0.2, -0.15) is 0 Å². The molecular weight excluding hydrogens is 236 g/mol. The first-order valence-corrected chi connectivity index (χ1v) is 6.09. The van der Waals surface area contributed by atoms with Crippen LogP contribution in [0.4, 0.5) is 4.79 Å². The van der Waals surface area contributed by atoms with E-state index in [9.17, 15) is 9.59 Å². The molecule has 0 spiro atoms. The molecule has 0 aliphatic heterocycles. The SMILES string of the molecule is COC(=O)CCNCCCNC(=O)OC(C)(C)C. The molecule has 0 aliphatic rings. The van der Waals surface area contributed by atoms with Crippen LogP contribution in [0.5, 0.6) is 0 Å². The molecule has 1 amide bonds. The third kappa shape index (κ3) is 11.2. The normalized spacial score (nSPS) is 10.9. The van der Waals surface area contributed by atoms with Crippen LogP contribution in [0.2, 0.25) is 0 Å². The highest BCUT2D eigenvalue weighted by Crippen LogP contribution is 2.06. The number of carbonyl (C=O) groups excluding carboxylic acids is 2. The van der Waals surface area contributed by atoms with Crippen molar-refractivity contribution in [1.82, 2.24) is 10.6 Å². The van der Waals surface area contributed by atoms with Crippen molar-refractivity contribution in [3.8, 4) is 0 Å². The van der Waals surface area contributed by atoms with Crippen LogP contribution >= 0.6 is 0 Å². The van der Waals surface area contributed by atoms with Gasteiger partial charge in [-0.05, 0) is 33.7 Å². The van der Waals surface area contributed by atoms with E-state index in [0.29, 0.717) is 19.5 Å². The lowest BCUT2D eigenvalue weighted by Crippen LogP contribution is -2.34. The van der Waals surface area contributed by atoms with Crippen LogP contribution in [0.1, 0.15) is 33.6 Å². The van der Waals surface area contributed by atoms with Crippen LogP contribution < -0.4 is 10.6 Å². The number of esters is 1. The Bertz CT molecular complexity index is 261. The van der Waals surface area contributed by atoms with E-state index >= 15 is 0 Å². The topological polar surface area (TPSA) is 76.7 Å². The molecule has 0 aromatic carbocycles. The minimum absolute atomic E-state index is 0.227. The molecule has 0 saturated heterocycles. The predicted molar refractivity (Wildman–Crippen MR) is 68.4 cm³/mol. The fraction of sp³-hybridized carbons (Fsp3) is 0.833. The minimum Gasteiger partial charge on any atom is -0.469 e. The zero-order valence-electron chi connectivity index (χ0n) is 11.7. The minimum atomic E-state index is -0.469. The fourth-order valence-corrected chi connectivity index (χ4v) is 1.14. The van der Waals surface area contributed by atoms with Gasteiger partial charge in [0, 0.05) is 13.1 Å². The summed E-state index contributed by atoms with van der Waals surface area (Å²) in [6.45, 7) is 7.31. The summed E-state index contributed by atoms with van der Waals surface area (Å²) in [5.41, 5.74) is -0.469. The highest BCUT2D eigenvalue weighted by atomic mass is 16.6. The van der Waals surface area contributed by atoms with Gasteiger partial charge in [0.25, 0.3) is 0 Å². The molecule has 2 N–H and O–H groups in total. The molecule has 0 bridgehead atoms. The van der Waals surface area contributed by atoms with Gasteiger partial charge in [0.2, 0.25) is 0 Å². The maximum absolute atomic E-state index is 11.3. The maximum Gasteiger partial charge on any atom is 0.407 e. The average molecular weight is 260 g/mol. The largest absolute Gasteiger partial charge is 0.469 e. The van der Waals surface area contributed by atoms with E-state index in [1.54, 1.807) is 0 Å². The van der Waals surface area contributed by atoms with Gasteiger partial charge in [-0.1, -0.05) is 0 Å². The van der Waals surface area contributed by atoms with Crippen molar-refractivity contribution in [2.75, 3.05) is 26.7 Å². The van der Waals surface area contributed by atoms with E-state index < -0.39 is 11.7 Å². The lowest BCUT2D eigenvalue weighted by molar-refractivity contribution is -0.140. The van der Waals surface area contributed by atoms with Gasteiger partial charge in [0.1, 0.15) is 5.60 Å². The van der Waals surface area contributed by atoms with Gasteiger partial charge in [0.05, 0.1) is 13.5 Å². The maximum atomic E-state index is 11.3. The number of alkyl carbamates (subject to hydrolysis) is 1. The quantitative estimate of drug-likeness (QED) is 0.528. The molecular formula is C12H24N2O4. The standard InChI is InChI=1S/C12H24N2O4/c1-12(2,3)18-11(16)14-8-5-7-13-9-6-10(15)17-4/h13H,5-9H2,1-4H3,(H,14,16). The Hall–Kier alpha value is -1.30. The van der Waals surface area contributed by atoms with Crippen LogP contribution in [0, 0.1) is 0 Å². The summed E-state index contributed by atoms with van der Waals surface area (Å²) in [6.07, 6.45) is 0.730. The molecule has 0 heterocycles. The Labute approximate surface area is 108 Å². The Balaban J connectivity index is 3.35. The van der Waals surface area contributed by atoms with Crippen LogP contribution in [0.25, 0.3) is 0 Å². The van der Waals surface area contributed by atoms with Crippen LogP contribution in [-0.2, 0) is 14.3 Å². The number of carbonyl (C=O) groups is 2. The number of hydrogen-bond acceptors (Lipinski definition) is 5. The van der Waals surface area contributed by atoms with Gasteiger partial charge < -0.3 is 20.1 Å². The van der Waals surface area contributed by atoms with Crippen molar-refractivity contribution < 1.29 is 19.1 Å². The molecule has 0 atom stereocenters. The number of amides is 1. The lowest BCUT2D eigenvalue weighted by atomic mass is 10.2. The van der Waals surface area contributed by atoms with Crippen molar-refractivity contribution in [2.24, 2.45) is 0 Å². The number of hydrogen-bond donors (Lipinski definition) is 2. The Morgan fingerprint density at radius 3 is 2.33 bits per heavy atom. The average Bonchev–Trinajstić information content (AvgIpc) is 2.25. The summed E-state index contributed by atoms with van der Waals surface area (Å²) in [5.74, 6) is -0.227. The summed E-state index contributed by atoms with van der Waals surface area (Å²) >= 11 is 0. The first-order valence-electron chi connectivity index (χ1n) is 6.09. The molecule has 0 aromatic rings. The van der Waals surface area contributed by atoms with E-state index in [4.69, 9.17) is 4.74 Å². The number of methoxy groups -OCH3 is 1. The third-order valence-corrected chi connectivity index (χ3v) is 1.93. The second-order valence-electron chi connectivity index (χ2n) is 4.86. The molecule has 6 nitrogen and oxygen atoms in total. The number of ether oxygens (including phenoxy) is 2. The molecule has 0 unspecified atom stereocenters. The summed E-state index contributed by atoms with van der Waals surface area (Å²) in [5, 5.41) is 5.74. The smallest absolute Gasteiger partial charge is 0.407 e. The van der Waals surface area contributed by atoms with Crippen molar-refractivity contribution in [1.29, 1.82) is 0 Å². The van der Waals surface area contributed by atoms with E-state index in [1.165, 1.54) is 7.11 Å². The van der Waals surface area contributed by atoms with E-state index in [-0.39, 0.29) is 5.97 Å². The lowest BCUT2D eigenvalue weighted by Gasteiger charge is -2.19. The summed E-state index contributed by atoms with van der Waals surface area (Å²) < 4.78 is 9.58. The van der Waals surface area contributed by atoms with Crippen molar-refractivity contribution >= 4 is 12.1 Å². The molecule has 0 aromatic heterocycles. The highest BCUT2D eigenvalue weighted by molar-refractivity contribution is 5.69. The monoisotopic (exact) mass is 260 g/mol. The zero-order valence-corrected chi connectivity index (χ0v) is 11.7. The van der Waals surface area contributed by atoms with Crippen LogP contribution in [0.3, 0.4) is 0 Å². The van der Waals surface area contributed by atoms with Crippen molar-refractivity contribution in [2.45, 2.75) is 39.2 Å². The summed E-state index contributed by atoms with van der Waals surface area (Å²) in [7, 11) is 1.37. The molecule has 0 aliphatic carbocycles. The van der Waals surface area contributed by atoms with Gasteiger partial charge in [0.15, 0.2) is 0 Å². The molecule has 6 heteroatoms. The van der Waals surface area contributed by atoms with Crippen molar-refractivity contribution in [3.05, 3.63) is 0 Å². The van der Waals surface area contributed by atoms with E-state index in [0.717, 1.165) is 13.0 Å². The molecule has 0 rings (SSSR count). The third-order valence-electron chi connectivity index (χ3n) is 1.93. The Kier molecular flexibility index (Phi) is 8.11. The molecule has 0 radical (unpaired) electrons. The second-order valence-corrected chi connectivity index (χ2v) is 4.86. The van der Waals surface area contributed by atoms with Gasteiger partial charge in [-0.15, -0.1) is 0 Å². The predicted octanol–water partition coefficient (Wildman–Crippen LogP) is 1.05. The van der Waals surface area contributed by atoms with Crippen LogP contribution in [0.15, 0.2) is 0 Å². The first-order chi connectivity index (χ1) is 8.35. The summed E-state index contributed by atoms with van der Waals surface area (Å²) in [4.78, 5) is 22.0. The Morgan fingerprint density at radius 2 is 1.78 bits per heavy atom. The number of nitrogens with one attached hydrogen (secondary N) is 2. The number of rotatable bonds is 7. The second kappa shape index (κ2) is 8.74.